The van der Waals surface area contributed by atoms with Crippen LogP contribution in [0.15, 0.2) is 42.6 Å². The fourth-order valence-corrected chi connectivity index (χ4v) is 1.78. The molecule has 8 heteroatoms. The van der Waals surface area contributed by atoms with Crippen LogP contribution < -0.4 is 15.4 Å². The molecule has 0 radical (unpaired) electrons. The average molecular weight is 354 g/mol. The zero-order valence-electron chi connectivity index (χ0n) is 11.9. The van der Waals surface area contributed by atoms with Gasteiger partial charge in [-0.15, -0.1) is 0 Å². The lowest BCUT2D eigenvalue weighted by molar-refractivity contribution is -0.125. The summed E-state index contributed by atoms with van der Waals surface area (Å²) in [7, 11) is 0. The van der Waals surface area contributed by atoms with Crippen molar-refractivity contribution < 1.29 is 14.3 Å². The van der Waals surface area contributed by atoms with Crippen LogP contribution in [0, 0.1) is 0 Å². The van der Waals surface area contributed by atoms with Crippen LogP contribution in [0.1, 0.15) is 0 Å². The molecule has 0 fully saturated rings. The van der Waals surface area contributed by atoms with Crippen LogP contribution in [0.2, 0.25) is 10.0 Å². The number of anilines is 1. The third-order valence-electron chi connectivity index (χ3n) is 2.62. The van der Waals surface area contributed by atoms with Gasteiger partial charge in [0.1, 0.15) is 11.6 Å². The second kappa shape index (κ2) is 8.36. The molecule has 120 valence electrons. The lowest BCUT2D eigenvalue weighted by atomic mass is 10.3. The van der Waals surface area contributed by atoms with Crippen molar-refractivity contribution in [2.24, 2.45) is 0 Å². The van der Waals surface area contributed by atoms with E-state index in [9.17, 15) is 9.59 Å². The molecule has 0 spiro atoms. The SMILES string of the molecule is O=C(COc1ccc(Cl)cc1)NCC(=O)Nc1ccc(Cl)cn1. The van der Waals surface area contributed by atoms with Gasteiger partial charge < -0.3 is 15.4 Å². The van der Waals surface area contributed by atoms with Crippen LogP contribution in [0.5, 0.6) is 5.75 Å². The molecule has 1 aromatic heterocycles. The highest BCUT2D eigenvalue weighted by atomic mass is 35.5. The number of rotatable bonds is 6. The quantitative estimate of drug-likeness (QED) is 0.835. The lowest BCUT2D eigenvalue weighted by Crippen LogP contribution is -2.35. The van der Waals surface area contributed by atoms with Crippen molar-refractivity contribution in [2.75, 3.05) is 18.5 Å². The molecule has 0 bridgehead atoms. The summed E-state index contributed by atoms with van der Waals surface area (Å²) >= 11 is 11.4. The molecule has 0 saturated heterocycles. The molecule has 0 aliphatic carbocycles. The number of aromatic nitrogens is 1. The van der Waals surface area contributed by atoms with Gasteiger partial charge in [-0.3, -0.25) is 9.59 Å². The number of amides is 2. The number of hydrogen-bond acceptors (Lipinski definition) is 4. The Kier molecular flexibility index (Phi) is 6.19. The molecule has 0 aliphatic rings. The number of halogens is 2. The fraction of sp³-hybridized carbons (Fsp3) is 0.133. The molecule has 6 nitrogen and oxygen atoms in total. The number of pyridine rings is 1. The van der Waals surface area contributed by atoms with Crippen LogP contribution in [-0.4, -0.2) is 29.9 Å². The molecule has 0 unspecified atom stereocenters. The maximum absolute atomic E-state index is 11.7. The van der Waals surface area contributed by atoms with Gasteiger partial charge in [0.25, 0.3) is 5.91 Å². The Bertz CT molecular complexity index is 675. The molecule has 1 aromatic carbocycles. The van der Waals surface area contributed by atoms with E-state index in [0.717, 1.165) is 0 Å². The largest absolute Gasteiger partial charge is 0.484 e. The normalized spacial score (nSPS) is 10.0. The van der Waals surface area contributed by atoms with E-state index in [-0.39, 0.29) is 13.2 Å². The summed E-state index contributed by atoms with van der Waals surface area (Å²) in [5, 5.41) is 6.01. The van der Waals surface area contributed by atoms with Crippen LogP contribution in [0.4, 0.5) is 5.82 Å². The van der Waals surface area contributed by atoms with Crippen LogP contribution in [0.3, 0.4) is 0 Å². The first-order valence-electron chi connectivity index (χ1n) is 6.59. The topological polar surface area (TPSA) is 80.3 Å². The minimum atomic E-state index is -0.417. The third-order valence-corrected chi connectivity index (χ3v) is 3.10. The number of hydrogen-bond donors (Lipinski definition) is 2. The minimum Gasteiger partial charge on any atom is -0.484 e. The van der Waals surface area contributed by atoms with E-state index >= 15 is 0 Å². The van der Waals surface area contributed by atoms with E-state index in [2.05, 4.69) is 15.6 Å². The molecule has 0 saturated carbocycles. The van der Waals surface area contributed by atoms with Gasteiger partial charge in [-0.05, 0) is 36.4 Å². The lowest BCUT2D eigenvalue weighted by Gasteiger charge is -2.08. The van der Waals surface area contributed by atoms with Crippen molar-refractivity contribution in [1.82, 2.24) is 10.3 Å². The summed E-state index contributed by atoms with van der Waals surface area (Å²) < 4.78 is 5.26. The highest BCUT2D eigenvalue weighted by molar-refractivity contribution is 6.30. The smallest absolute Gasteiger partial charge is 0.258 e. The molecular weight excluding hydrogens is 341 g/mol. The van der Waals surface area contributed by atoms with Gasteiger partial charge in [0.05, 0.1) is 11.6 Å². The van der Waals surface area contributed by atoms with Crippen molar-refractivity contribution >= 4 is 40.8 Å². The molecule has 2 aromatic rings. The van der Waals surface area contributed by atoms with Gasteiger partial charge >= 0.3 is 0 Å². The second-order valence-electron chi connectivity index (χ2n) is 4.43. The van der Waals surface area contributed by atoms with Crippen molar-refractivity contribution in [3.63, 3.8) is 0 Å². The van der Waals surface area contributed by atoms with E-state index in [4.69, 9.17) is 27.9 Å². The molecule has 1 heterocycles. The molecule has 23 heavy (non-hydrogen) atoms. The predicted octanol–water partition coefficient (Wildman–Crippen LogP) is 2.52. The molecular formula is C15H13Cl2N3O3. The number of benzene rings is 1. The van der Waals surface area contributed by atoms with Gasteiger partial charge in [0, 0.05) is 11.2 Å². The van der Waals surface area contributed by atoms with E-state index in [1.807, 2.05) is 0 Å². The van der Waals surface area contributed by atoms with E-state index in [1.165, 1.54) is 6.20 Å². The van der Waals surface area contributed by atoms with Gasteiger partial charge in [-0.25, -0.2) is 4.98 Å². The zero-order valence-corrected chi connectivity index (χ0v) is 13.4. The van der Waals surface area contributed by atoms with Crippen LogP contribution in [-0.2, 0) is 9.59 Å². The Morgan fingerprint density at radius 2 is 1.70 bits per heavy atom. The summed E-state index contributed by atoms with van der Waals surface area (Å²) in [6.45, 7) is -0.388. The summed E-state index contributed by atoms with van der Waals surface area (Å²) in [5.74, 6) is 0.0456. The fourth-order valence-electron chi connectivity index (χ4n) is 1.55. The highest BCUT2D eigenvalue weighted by Gasteiger charge is 2.07. The van der Waals surface area contributed by atoms with Crippen LogP contribution >= 0.6 is 23.2 Å². The molecule has 2 amide bonds. The molecule has 2 rings (SSSR count). The van der Waals surface area contributed by atoms with Gasteiger partial charge in [0.2, 0.25) is 5.91 Å². The molecule has 2 N–H and O–H groups in total. The Balaban J connectivity index is 1.70. The van der Waals surface area contributed by atoms with Crippen molar-refractivity contribution in [2.45, 2.75) is 0 Å². The van der Waals surface area contributed by atoms with Gasteiger partial charge in [-0.2, -0.15) is 0 Å². The minimum absolute atomic E-state index is 0.187. The Labute approximate surface area is 142 Å². The maximum Gasteiger partial charge on any atom is 0.258 e. The predicted molar refractivity (Wildman–Crippen MR) is 87.8 cm³/mol. The Morgan fingerprint density at radius 1 is 1.00 bits per heavy atom. The first-order chi connectivity index (χ1) is 11.0. The third kappa shape index (κ3) is 6.14. The maximum atomic E-state index is 11.7. The number of nitrogens with zero attached hydrogens (tertiary/aromatic N) is 1. The standard InChI is InChI=1S/C15H13Cl2N3O3/c16-10-1-4-12(5-2-10)23-9-15(22)19-8-14(21)20-13-6-3-11(17)7-18-13/h1-7H,8-9H2,(H,19,22)(H,18,20,21). The summed E-state index contributed by atoms with van der Waals surface area (Å²) in [5.41, 5.74) is 0. The van der Waals surface area contributed by atoms with Crippen molar-refractivity contribution in [3.05, 3.63) is 52.6 Å². The molecule has 0 atom stereocenters. The monoisotopic (exact) mass is 353 g/mol. The summed E-state index contributed by atoms with van der Waals surface area (Å²) in [4.78, 5) is 27.2. The van der Waals surface area contributed by atoms with Crippen molar-refractivity contribution in [1.29, 1.82) is 0 Å². The number of carbonyl (C=O) groups excluding carboxylic acids is 2. The number of carbonyl (C=O) groups is 2. The van der Waals surface area contributed by atoms with E-state index in [0.29, 0.717) is 21.6 Å². The Morgan fingerprint density at radius 3 is 2.35 bits per heavy atom. The van der Waals surface area contributed by atoms with Crippen LogP contribution in [0.25, 0.3) is 0 Å². The van der Waals surface area contributed by atoms with Gasteiger partial charge in [0.15, 0.2) is 6.61 Å². The molecule has 0 aliphatic heterocycles. The zero-order chi connectivity index (χ0) is 16.7. The van der Waals surface area contributed by atoms with Crippen molar-refractivity contribution in [3.8, 4) is 5.75 Å². The average Bonchev–Trinajstić information content (AvgIpc) is 2.54. The highest BCUT2D eigenvalue weighted by Crippen LogP contribution is 2.15. The second-order valence-corrected chi connectivity index (χ2v) is 5.30. The van der Waals surface area contributed by atoms with E-state index in [1.54, 1.807) is 36.4 Å². The Hall–Kier alpha value is -2.31. The first kappa shape index (κ1) is 17.1. The number of ether oxygens (including phenoxy) is 1. The first-order valence-corrected chi connectivity index (χ1v) is 7.35. The summed E-state index contributed by atoms with van der Waals surface area (Å²) in [6.07, 6.45) is 1.41. The number of nitrogens with one attached hydrogen (secondary N) is 2. The van der Waals surface area contributed by atoms with Gasteiger partial charge in [-0.1, -0.05) is 23.2 Å². The summed E-state index contributed by atoms with van der Waals surface area (Å²) in [6, 6.07) is 9.76. The van der Waals surface area contributed by atoms with E-state index < -0.39 is 11.8 Å².